The van der Waals surface area contributed by atoms with Gasteiger partial charge in [0.05, 0.1) is 19.8 Å². The number of ether oxygens (including phenoxy) is 3. The average molecular weight is 466 g/mol. The zero-order valence-electron chi connectivity index (χ0n) is 20.4. The fourth-order valence-electron chi connectivity index (χ4n) is 3.36. The first-order chi connectivity index (χ1) is 15.0. The number of hydrogen-bond acceptors (Lipinski definition) is 6. The van der Waals surface area contributed by atoms with Crippen LogP contribution < -0.4 is 10.1 Å². The van der Waals surface area contributed by atoms with Crippen molar-refractivity contribution in [3.05, 3.63) is 29.8 Å². The molecule has 0 atom stereocenters. The highest BCUT2D eigenvalue weighted by Gasteiger charge is 2.49. The number of carbonyl (C=O) groups excluding carboxylic acids is 3. The molecule has 0 heterocycles. The Morgan fingerprint density at radius 1 is 0.938 bits per heavy atom. The van der Waals surface area contributed by atoms with Crippen molar-refractivity contribution < 1.29 is 28.6 Å². The Morgan fingerprint density at radius 3 is 1.97 bits per heavy atom. The van der Waals surface area contributed by atoms with E-state index in [1.165, 1.54) is 13.0 Å². The monoisotopic (exact) mass is 465 g/mol. The van der Waals surface area contributed by atoms with Gasteiger partial charge < -0.3 is 19.5 Å². The van der Waals surface area contributed by atoms with Gasteiger partial charge in [-0.3, -0.25) is 4.79 Å². The fraction of sp³-hybridized carbons (Fsp3) is 0.625. The van der Waals surface area contributed by atoms with E-state index in [2.05, 4.69) is 25.0 Å². The highest BCUT2D eigenvalue weighted by Crippen LogP contribution is 2.22. The van der Waals surface area contributed by atoms with E-state index in [0.717, 1.165) is 17.7 Å². The van der Waals surface area contributed by atoms with Crippen molar-refractivity contribution in [3.63, 3.8) is 0 Å². The van der Waals surface area contributed by atoms with Gasteiger partial charge in [-0.15, -0.1) is 0 Å². The van der Waals surface area contributed by atoms with Crippen molar-refractivity contribution in [2.24, 2.45) is 0 Å². The van der Waals surface area contributed by atoms with Crippen LogP contribution in [0.4, 0.5) is 0 Å². The number of esters is 2. The summed E-state index contributed by atoms with van der Waals surface area (Å²) < 4.78 is 16.0. The maximum absolute atomic E-state index is 12.6. The predicted octanol–water partition coefficient (Wildman–Crippen LogP) is 4.12. The third-order valence-corrected chi connectivity index (χ3v) is 6.77. The van der Waals surface area contributed by atoms with Crippen LogP contribution >= 0.6 is 0 Å². The number of nitrogens with one attached hydrogen (secondary N) is 1. The van der Waals surface area contributed by atoms with E-state index >= 15 is 0 Å². The number of aryl methyl sites for hydroxylation is 1. The van der Waals surface area contributed by atoms with Crippen LogP contribution in [-0.4, -0.2) is 51.3 Å². The highest BCUT2D eigenvalue weighted by atomic mass is 28.3. The van der Waals surface area contributed by atoms with Gasteiger partial charge in [0.2, 0.25) is 11.4 Å². The van der Waals surface area contributed by atoms with E-state index < -0.39 is 31.5 Å². The number of benzene rings is 1. The molecular formula is C24H39NO6Si. The van der Waals surface area contributed by atoms with E-state index in [1.807, 2.05) is 24.3 Å². The molecule has 0 aliphatic heterocycles. The van der Waals surface area contributed by atoms with Gasteiger partial charge in [0, 0.05) is 15.0 Å². The second kappa shape index (κ2) is 13.3. The van der Waals surface area contributed by atoms with E-state index in [-0.39, 0.29) is 19.6 Å². The van der Waals surface area contributed by atoms with Gasteiger partial charge in [0.15, 0.2) is 0 Å². The van der Waals surface area contributed by atoms with Crippen LogP contribution in [0, 0.1) is 0 Å². The smallest absolute Gasteiger partial charge is 0.343 e. The molecule has 1 N–H and O–H groups in total. The van der Waals surface area contributed by atoms with Gasteiger partial charge in [-0.2, -0.15) is 0 Å². The lowest BCUT2D eigenvalue weighted by Crippen LogP contribution is -2.61. The minimum Gasteiger partial charge on any atom is -0.494 e. The molecule has 180 valence electrons. The number of amides is 1. The first-order valence-corrected chi connectivity index (χ1v) is 15.1. The van der Waals surface area contributed by atoms with Crippen LogP contribution in [0.3, 0.4) is 0 Å². The fourth-order valence-corrected chi connectivity index (χ4v) is 4.57. The van der Waals surface area contributed by atoms with Crippen molar-refractivity contribution in [3.8, 4) is 5.75 Å². The minimum absolute atomic E-state index is 0.0825. The van der Waals surface area contributed by atoms with E-state index in [9.17, 15) is 14.4 Å². The lowest BCUT2D eigenvalue weighted by molar-refractivity contribution is -0.168. The summed E-state index contributed by atoms with van der Waals surface area (Å²) in [7, 11) is -1.04. The largest absolute Gasteiger partial charge is 0.494 e. The highest BCUT2D eigenvalue weighted by molar-refractivity contribution is 6.76. The Labute approximate surface area is 193 Å². The molecule has 1 aromatic carbocycles. The van der Waals surface area contributed by atoms with E-state index in [0.29, 0.717) is 19.4 Å². The van der Waals surface area contributed by atoms with Gasteiger partial charge in [-0.25, -0.2) is 9.59 Å². The molecule has 0 spiro atoms. The summed E-state index contributed by atoms with van der Waals surface area (Å²) in [6.45, 7) is 12.5. The Bertz CT molecular complexity index is 724. The van der Waals surface area contributed by atoms with Gasteiger partial charge >= 0.3 is 11.9 Å². The first-order valence-electron chi connectivity index (χ1n) is 11.4. The maximum Gasteiger partial charge on any atom is 0.343 e. The molecule has 0 bridgehead atoms. The predicted molar refractivity (Wildman–Crippen MR) is 127 cm³/mol. The Hall–Kier alpha value is -2.35. The Balaban J connectivity index is 2.75. The van der Waals surface area contributed by atoms with Gasteiger partial charge in [0.1, 0.15) is 5.75 Å². The maximum atomic E-state index is 12.6. The van der Waals surface area contributed by atoms with Crippen molar-refractivity contribution in [2.75, 3.05) is 19.8 Å². The van der Waals surface area contributed by atoms with Crippen LogP contribution in [0.5, 0.6) is 5.75 Å². The second-order valence-corrected chi connectivity index (χ2v) is 14.7. The molecule has 1 amide bonds. The zero-order valence-corrected chi connectivity index (χ0v) is 21.4. The van der Waals surface area contributed by atoms with Crippen molar-refractivity contribution in [2.45, 2.75) is 77.7 Å². The zero-order chi connectivity index (χ0) is 24.2. The molecule has 0 unspecified atom stereocenters. The molecule has 0 saturated heterocycles. The van der Waals surface area contributed by atoms with Crippen LogP contribution in [0.2, 0.25) is 25.7 Å². The van der Waals surface area contributed by atoms with Gasteiger partial charge in [0.25, 0.3) is 0 Å². The van der Waals surface area contributed by atoms with Crippen LogP contribution in [0.15, 0.2) is 24.3 Å². The van der Waals surface area contributed by atoms with Crippen molar-refractivity contribution in [1.29, 1.82) is 0 Å². The molecule has 1 aromatic rings. The molecule has 8 heteroatoms. The normalized spacial score (nSPS) is 11.6. The molecule has 32 heavy (non-hydrogen) atoms. The lowest BCUT2D eigenvalue weighted by Gasteiger charge is -2.29. The van der Waals surface area contributed by atoms with Crippen molar-refractivity contribution in [1.82, 2.24) is 5.32 Å². The molecular weight excluding hydrogens is 426 g/mol. The number of rotatable bonds is 14. The van der Waals surface area contributed by atoms with E-state index in [4.69, 9.17) is 14.2 Å². The quantitative estimate of drug-likeness (QED) is 0.192. The average Bonchev–Trinajstić information content (AvgIpc) is 2.70. The summed E-state index contributed by atoms with van der Waals surface area (Å²) in [5, 5.41) is 2.49. The number of hydrogen-bond donors (Lipinski definition) is 1. The Kier molecular flexibility index (Phi) is 11.5. The lowest BCUT2D eigenvalue weighted by atomic mass is 9.91. The van der Waals surface area contributed by atoms with E-state index in [1.54, 1.807) is 13.8 Å². The number of carbonyl (C=O) groups is 3. The molecule has 0 radical (unpaired) electrons. The van der Waals surface area contributed by atoms with Crippen LogP contribution in [0.25, 0.3) is 0 Å². The van der Waals surface area contributed by atoms with Crippen LogP contribution in [-0.2, 0) is 30.3 Å². The van der Waals surface area contributed by atoms with Crippen molar-refractivity contribution >= 4 is 25.9 Å². The molecule has 0 fully saturated rings. The van der Waals surface area contributed by atoms with Gasteiger partial charge in [-0.05, 0) is 57.2 Å². The topological polar surface area (TPSA) is 90.9 Å². The third kappa shape index (κ3) is 9.42. The standard InChI is InChI=1S/C24H39NO6Si/c1-7-29-22(27)24(25-19(3)26,23(28)30-8-2)16-9-11-20-12-14-21(15-13-20)31-17-10-18-32(4,5)6/h12-15H,7-11,16-18H2,1-6H3,(H,25,26). The molecule has 0 aromatic heterocycles. The third-order valence-electron chi connectivity index (χ3n) is 4.92. The summed E-state index contributed by atoms with van der Waals surface area (Å²) >= 11 is 0. The Morgan fingerprint density at radius 2 is 1.50 bits per heavy atom. The summed E-state index contributed by atoms with van der Waals surface area (Å²) in [6, 6.07) is 9.05. The van der Waals surface area contributed by atoms with Gasteiger partial charge in [-0.1, -0.05) is 37.8 Å². The minimum atomic E-state index is -1.84. The second-order valence-electron chi connectivity index (χ2n) is 9.04. The SMILES string of the molecule is CCOC(=O)C(CCCc1ccc(OCCC[Si](C)(C)C)cc1)(NC(C)=O)C(=O)OCC. The summed E-state index contributed by atoms with van der Waals surface area (Å²) in [5.74, 6) is -1.26. The summed E-state index contributed by atoms with van der Waals surface area (Å²) in [4.78, 5) is 37.1. The molecule has 1 rings (SSSR count). The molecule has 0 aliphatic rings. The molecule has 0 aliphatic carbocycles. The van der Waals surface area contributed by atoms with Crippen LogP contribution in [0.1, 0.15) is 45.6 Å². The summed E-state index contributed by atoms with van der Waals surface area (Å²) in [5.41, 5.74) is -0.791. The summed E-state index contributed by atoms with van der Waals surface area (Å²) in [6.07, 6.45) is 2.24. The molecule has 0 saturated carbocycles. The first kappa shape index (κ1) is 27.7. The molecule has 7 nitrogen and oxygen atoms in total.